The quantitative estimate of drug-likeness (QED) is 0.893. The number of carbonyl (C=O) groups is 2. The number of nitrogens with one attached hydrogen (secondary N) is 1. The second kappa shape index (κ2) is 8.48. The van der Waals surface area contributed by atoms with Crippen LogP contribution in [0.5, 0.6) is 0 Å². The number of rotatable bonds is 5. The van der Waals surface area contributed by atoms with Crippen LogP contribution in [0.1, 0.15) is 44.6 Å². The lowest BCUT2D eigenvalue weighted by Gasteiger charge is -2.30. The number of likely N-dealkylation sites (tertiary alicyclic amines) is 1. The van der Waals surface area contributed by atoms with Gasteiger partial charge in [0.05, 0.1) is 0 Å². The van der Waals surface area contributed by atoms with E-state index in [4.69, 9.17) is 0 Å². The molecule has 0 spiro atoms. The van der Waals surface area contributed by atoms with Gasteiger partial charge in [-0.3, -0.25) is 14.5 Å². The Balaban J connectivity index is 1.61. The summed E-state index contributed by atoms with van der Waals surface area (Å²) in [7, 11) is 0. The van der Waals surface area contributed by atoms with Crippen molar-refractivity contribution in [1.29, 1.82) is 0 Å². The lowest BCUT2D eigenvalue weighted by atomic mass is 10.1. The molecule has 2 aliphatic heterocycles. The van der Waals surface area contributed by atoms with Crippen LogP contribution in [-0.4, -0.2) is 48.9 Å². The highest BCUT2D eigenvalue weighted by Gasteiger charge is 2.30. The van der Waals surface area contributed by atoms with E-state index in [0.29, 0.717) is 13.0 Å². The van der Waals surface area contributed by atoms with E-state index in [0.717, 1.165) is 43.7 Å². The van der Waals surface area contributed by atoms with Crippen molar-refractivity contribution in [3.8, 4) is 0 Å². The van der Waals surface area contributed by atoms with E-state index in [2.05, 4.69) is 16.3 Å². The number of hydrogen-bond acceptors (Lipinski definition) is 3. The highest BCUT2D eigenvalue weighted by atomic mass is 16.2. The van der Waals surface area contributed by atoms with Gasteiger partial charge < -0.3 is 10.2 Å². The molecule has 1 atom stereocenters. The molecule has 0 bridgehead atoms. The second-order valence-electron chi connectivity index (χ2n) is 7.12. The summed E-state index contributed by atoms with van der Waals surface area (Å²) in [6, 6.07) is 7.47. The Bertz CT molecular complexity index is 611. The fourth-order valence-electron chi connectivity index (χ4n) is 3.85. The highest BCUT2D eigenvalue weighted by Crippen LogP contribution is 2.28. The molecule has 5 heteroatoms. The van der Waals surface area contributed by atoms with Gasteiger partial charge in [0.25, 0.3) is 0 Å². The molecule has 5 nitrogen and oxygen atoms in total. The zero-order valence-electron chi connectivity index (χ0n) is 15.2. The molecule has 0 unspecified atom stereocenters. The van der Waals surface area contributed by atoms with Crippen molar-refractivity contribution in [2.75, 3.05) is 31.1 Å². The maximum absolute atomic E-state index is 12.6. The molecule has 0 aliphatic carbocycles. The zero-order chi connectivity index (χ0) is 17.6. The predicted molar refractivity (Wildman–Crippen MR) is 99.6 cm³/mol. The van der Waals surface area contributed by atoms with E-state index in [1.807, 2.05) is 25.1 Å². The standard InChI is InChI=1S/C20H29N3O2/c1-16(20(25)21-12-15-22-13-5-2-6-14-22)23-18-10-4-3-8-17(18)9-7-11-19(23)24/h3-4,8,10,16H,2,5-7,9,11-15H2,1H3,(H,21,25)/t16-/m0/s1. The van der Waals surface area contributed by atoms with Crippen molar-refractivity contribution in [1.82, 2.24) is 10.2 Å². The van der Waals surface area contributed by atoms with Gasteiger partial charge in [0.1, 0.15) is 6.04 Å². The maximum atomic E-state index is 12.6. The largest absolute Gasteiger partial charge is 0.353 e. The van der Waals surface area contributed by atoms with E-state index >= 15 is 0 Å². The van der Waals surface area contributed by atoms with Crippen LogP contribution in [0, 0.1) is 0 Å². The van der Waals surface area contributed by atoms with Crippen LogP contribution in [0.2, 0.25) is 0 Å². The molecule has 1 aromatic rings. The normalized spacial score (nSPS) is 19.9. The van der Waals surface area contributed by atoms with E-state index < -0.39 is 6.04 Å². The molecule has 1 saturated heterocycles. The first-order chi connectivity index (χ1) is 12.2. The van der Waals surface area contributed by atoms with Crippen molar-refractivity contribution in [3.63, 3.8) is 0 Å². The molecule has 2 heterocycles. The van der Waals surface area contributed by atoms with E-state index in [1.54, 1.807) is 4.90 Å². The number of carbonyl (C=O) groups excluding carboxylic acids is 2. The Labute approximate surface area is 150 Å². The summed E-state index contributed by atoms with van der Waals surface area (Å²) in [5.74, 6) is -0.0225. The SMILES string of the molecule is C[C@@H](C(=O)NCCN1CCCCC1)N1C(=O)CCCc2ccccc21. The zero-order valence-corrected chi connectivity index (χ0v) is 15.2. The van der Waals surface area contributed by atoms with Gasteiger partial charge in [-0.1, -0.05) is 24.6 Å². The average molecular weight is 343 g/mol. The van der Waals surface area contributed by atoms with Crippen molar-refractivity contribution in [3.05, 3.63) is 29.8 Å². The van der Waals surface area contributed by atoms with Crippen LogP contribution < -0.4 is 10.2 Å². The first-order valence-corrected chi connectivity index (χ1v) is 9.57. The van der Waals surface area contributed by atoms with Crippen LogP contribution >= 0.6 is 0 Å². The molecule has 3 rings (SSSR count). The maximum Gasteiger partial charge on any atom is 0.242 e. The number of hydrogen-bond donors (Lipinski definition) is 1. The third-order valence-electron chi connectivity index (χ3n) is 5.30. The van der Waals surface area contributed by atoms with Crippen molar-refractivity contribution >= 4 is 17.5 Å². The number of amides is 2. The van der Waals surface area contributed by atoms with Gasteiger partial charge in [0.15, 0.2) is 0 Å². The Hall–Kier alpha value is -1.88. The number of piperidine rings is 1. The van der Waals surface area contributed by atoms with Gasteiger partial charge in [-0.2, -0.15) is 0 Å². The first kappa shape index (κ1) is 17.9. The summed E-state index contributed by atoms with van der Waals surface area (Å²) >= 11 is 0. The monoisotopic (exact) mass is 343 g/mol. The minimum absolute atomic E-state index is 0.0450. The molecule has 1 fully saturated rings. The molecule has 0 radical (unpaired) electrons. The van der Waals surface area contributed by atoms with Crippen molar-refractivity contribution in [2.45, 2.75) is 51.5 Å². The van der Waals surface area contributed by atoms with Gasteiger partial charge in [0, 0.05) is 25.2 Å². The molecule has 136 valence electrons. The average Bonchev–Trinajstić information content (AvgIpc) is 2.80. The summed E-state index contributed by atoms with van der Waals surface area (Å²) in [5, 5.41) is 3.02. The number of aryl methyl sites for hydroxylation is 1. The fraction of sp³-hybridized carbons (Fsp3) is 0.600. The predicted octanol–water partition coefficient (Wildman–Crippen LogP) is 2.35. The summed E-state index contributed by atoms with van der Waals surface area (Å²) in [6.45, 7) is 5.62. The van der Waals surface area contributed by atoms with Crippen molar-refractivity contribution < 1.29 is 9.59 Å². The van der Waals surface area contributed by atoms with Gasteiger partial charge in [0.2, 0.25) is 11.8 Å². The Morgan fingerprint density at radius 2 is 1.88 bits per heavy atom. The minimum Gasteiger partial charge on any atom is -0.353 e. The van der Waals surface area contributed by atoms with E-state index in [9.17, 15) is 9.59 Å². The minimum atomic E-state index is -0.479. The van der Waals surface area contributed by atoms with Gasteiger partial charge in [-0.05, 0) is 57.3 Å². The summed E-state index contributed by atoms with van der Waals surface area (Å²) in [5.41, 5.74) is 2.05. The molecule has 0 saturated carbocycles. The Morgan fingerprint density at radius 1 is 1.12 bits per heavy atom. The molecular weight excluding hydrogens is 314 g/mol. The first-order valence-electron chi connectivity index (χ1n) is 9.57. The molecule has 0 aromatic heterocycles. The molecule has 1 N–H and O–H groups in total. The lowest BCUT2D eigenvalue weighted by Crippen LogP contribution is -2.49. The van der Waals surface area contributed by atoms with Crippen LogP contribution in [0.15, 0.2) is 24.3 Å². The van der Waals surface area contributed by atoms with Crippen LogP contribution in [-0.2, 0) is 16.0 Å². The number of benzene rings is 1. The third-order valence-corrected chi connectivity index (χ3v) is 5.30. The second-order valence-corrected chi connectivity index (χ2v) is 7.12. The van der Waals surface area contributed by atoms with Gasteiger partial charge in [-0.15, -0.1) is 0 Å². The van der Waals surface area contributed by atoms with E-state index in [-0.39, 0.29) is 11.8 Å². The summed E-state index contributed by atoms with van der Waals surface area (Å²) in [6.07, 6.45) is 6.06. The smallest absolute Gasteiger partial charge is 0.242 e. The van der Waals surface area contributed by atoms with Crippen LogP contribution in [0.25, 0.3) is 0 Å². The molecular formula is C20H29N3O2. The number of nitrogens with zero attached hydrogens (tertiary/aromatic N) is 2. The summed E-state index contributed by atoms with van der Waals surface area (Å²) in [4.78, 5) is 29.3. The highest BCUT2D eigenvalue weighted by molar-refractivity contribution is 6.01. The third kappa shape index (κ3) is 4.40. The number of para-hydroxylation sites is 1. The number of anilines is 1. The Morgan fingerprint density at radius 3 is 2.68 bits per heavy atom. The van der Waals surface area contributed by atoms with Crippen LogP contribution in [0.3, 0.4) is 0 Å². The van der Waals surface area contributed by atoms with Crippen LogP contribution in [0.4, 0.5) is 5.69 Å². The molecule has 2 aliphatic rings. The van der Waals surface area contributed by atoms with Gasteiger partial charge in [-0.25, -0.2) is 0 Å². The topological polar surface area (TPSA) is 52.7 Å². The lowest BCUT2D eigenvalue weighted by molar-refractivity contribution is -0.126. The number of fused-ring (bicyclic) bond motifs is 1. The molecule has 2 amide bonds. The fourth-order valence-corrected chi connectivity index (χ4v) is 3.85. The summed E-state index contributed by atoms with van der Waals surface area (Å²) < 4.78 is 0. The van der Waals surface area contributed by atoms with Crippen molar-refractivity contribution in [2.24, 2.45) is 0 Å². The van der Waals surface area contributed by atoms with E-state index in [1.165, 1.54) is 19.3 Å². The Kier molecular flexibility index (Phi) is 6.08. The molecule has 25 heavy (non-hydrogen) atoms. The molecule has 1 aromatic carbocycles. The van der Waals surface area contributed by atoms with Gasteiger partial charge >= 0.3 is 0 Å².